The lowest BCUT2D eigenvalue weighted by atomic mass is 9.99. The van der Waals surface area contributed by atoms with Gasteiger partial charge in [0.25, 0.3) is 0 Å². The van der Waals surface area contributed by atoms with Gasteiger partial charge in [-0.05, 0) is 61.6 Å². The second-order valence-electron chi connectivity index (χ2n) is 9.27. The molecular weight excluding hydrogens is 492 g/mol. The Balaban J connectivity index is 0.000000148. The lowest BCUT2D eigenvalue weighted by molar-refractivity contribution is -0.139. The predicted octanol–water partition coefficient (Wildman–Crippen LogP) is 3.89. The monoisotopic (exact) mass is 514 g/mol. The van der Waals surface area contributed by atoms with E-state index in [0.29, 0.717) is 40.5 Å². The minimum Gasteiger partial charge on any atom is -0.493 e. The first-order valence-corrected chi connectivity index (χ1v) is 12.0. The summed E-state index contributed by atoms with van der Waals surface area (Å²) in [7, 11) is 0. The van der Waals surface area contributed by atoms with Crippen molar-refractivity contribution in [1.29, 1.82) is 0 Å². The Morgan fingerprint density at radius 3 is 2.08 bits per heavy atom. The van der Waals surface area contributed by atoms with Gasteiger partial charge in [0.2, 0.25) is 6.79 Å². The van der Waals surface area contributed by atoms with Gasteiger partial charge in [0.15, 0.2) is 23.1 Å². The minimum absolute atomic E-state index is 0.0456. The number of halogens is 1. The van der Waals surface area contributed by atoms with Crippen LogP contribution in [0.15, 0.2) is 30.3 Å². The van der Waals surface area contributed by atoms with Crippen molar-refractivity contribution in [2.75, 3.05) is 13.4 Å². The van der Waals surface area contributed by atoms with Gasteiger partial charge in [-0.2, -0.15) is 0 Å². The normalized spacial score (nSPS) is 24.4. The van der Waals surface area contributed by atoms with Crippen molar-refractivity contribution < 1.29 is 43.6 Å². The van der Waals surface area contributed by atoms with Crippen LogP contribution in [-0.2, 0) is 16.0 Å². The van der Waals surface area contributed by atoms with E-state index in [1.807, 2.05) is 12.1 Å². The molecule has 2 heterocycles. The molecule has 6 rings (SSSR count). The number of hydrogen-bond donors (Lipinski definition) is 2. The Morgan fingerprint density at radius 2 is 1.44 bits per heavy atom. The molecule has 4 aliphatic rings. The summed E-state index contributed by atoms with van der Waals surface area (Å²) in [6, 6.07) is 8.46. The highest BCUT2D eigenvalue weighted by molar-refractivity contribution is 6.32. The summed E-state index contributed by atoms with van der Waals surface area (Å²) >= 11 is 5.97. The topological polar surface area (TPSA) is 136 Å². The van der Waals surface area contributed by atoms with Gasteiger partial charge in [0.05, 0.1) is 23.5 Å². The van der Waals surface area contributed by atoms with Gasteiger partial charge in [0, 0.05) is 23.0 Å². The highest BCUT2D eigenvalue weighted by Crippen LogP contribution is 2.45. The average molecular weight is 515 g/mol. The summed E-state index contributed by atoms with van der Waals surface area (Å²) < 4.78 is 15.8. The van der Waals surface area contributed by atoms with Crippen LogP contribution in [0.25, 0.3) is 0 Å². The van der Waals surface area contributed by atoms with Gasteiger partial charge in [-0.15, -0.1) is 0 Å². The van der Waals surface area contributed by atoms with Crippen molar-refractivity contribution in [2.45, 2.75) is 25.7 Å². The molecule has 36 heavy (non-hydrogen) atoms. The predicted molar refractivity (Wildman–Crippen MR) is 125 cm³/mol. The van der Waals surface area contributed by atoms with Gasteiger partial charge in [-0.25, -0.2) is 0 Å². The zero-order valence-corrected chi connectivity index (χ0v) is 19.8. The van der Waals surface area contributed by atoms with E-state index in [1.165, 1.54) is 6.07 Å². The first-order chi connectivity index (χ1) is 17.2. The summed E-state index contributed by atoms with van der Waals surface area (Å²) in [5.41, 5.74) is 2.05. The molecule has 0 spiro atoms. The van der Waals surface area contributed by atoms with Gasteiger partial charge < -0.3 is 24.4 Å². The third-order valence-corrected chi connectivity index (χ3v) is 7.07. The summed E-state index contributed by atoms with van der Waals surface area (Å²) in [6.45, 7) is 0.803. The van der Waals surface area contributed by atoms with E-state index < -0.39 is 29.7 Å². The first kappa shape index (κ1) is 24.1. The number of aliphatic carboxylic acids is 2. The van der Waals surface area contributed by atoms with Crippen molar-refractivity contribution >= 4 is 35.1 Å². The summed E-state index contributed by atoms with van der Waals surface area (Å²) in [5.74, 6) is -2.16. The van der Waals surface area contributed by atoms with E-state index in [9.17, 15) is 19.2 Å². The van der Waals surface area contributed by atoms with Crippen LogP contribution < -0.4 is 14.2 Å². The molecule has 2 saturated carbocycles. The lowest BCUT2D eigenvalue weighted by Crippen LogP contribution is -2.11. The molecule has 188 valence electrons. The van der Waals surface area contributed by atoms with Gasteiger partial charge in [-0.3, -0.25) is 19.2 Å². The van der Waals surface area contributed by atoms with Crippen molar-refractivity contribution in [3.8, 4) is 17.2 Å². The SMILES string of the molecule is O=C(O)[C@H]1C[C@@H]1C(=O)c1cc(Cl)c2c(c1)OCO2.O=C(O)[C@H]1C[C@@H]1C(=O)c1ccc2c(c1)CCCO2. The molecule has 4 atom stereocenters. The van der Waals surface area contributed by atoms with Gasteiger partial charge >= 0.3 is 11.9 Å². The molecule has 2 aliphatic heterocycles. The number of fused-ring (bicyclic) bond motifs is 2. The number of carboxylic acids is 2. The Bertz CT molecular complexity index is 1270. The Hall–Kier alpha value is -3.59. The zero-order valence-electron chi connectivity index (χ0n) is 19.1. The average Bonchev–Trinajstić information content (AvgIpc) is 3.78. The Morgan fingerprint density at radius 1 is 0.778 bits per heavy atom. The van der Waals surface area contributed by atoms with Crippen molar-refractivity contribution in [3.05, 3.63) is 52.0 Å². The van der Waals surface area contributed by atoms with Crippen LogP contribution in [0, 0.1) is 23.7 Å². The van der Waals surface area contributed by atoms with Crippen LogP contribution in [-0.4, -0.2) is 47.1 Å². The maximum absolute atomic E-state index is 12.1. The Kier molecular flexibility index (Phi) is 6.34. The summed E-state index contributed by atoms with van der Waals surface area (Å²) in [4.78, 5) is 45.7. The number of ether oxygens (including phenoxy) is 3. The number of carbonyl (C=O) groups excluding carboxylic acids is 2. The molecule has 0 bridgehead atoms. The Labute approximate surface area is 210 Å². The summed E-state index contributed by atoms with van der Waals surface area (Å²) in [5, 5.41) is 18.0. The number of hydrogen-bond acceptors (Lipinski definition) is 7. The fraction of sp³-hybridized carbons (Fsp3) is 0.385. The van der Waals surface area contributed by atoms with Crippen LogP contribution in [0.3, 0.4) is 0 Å². The van der Waals surface area contributed by atoms with Crippen molar-refractivity contribution in [3.63, 3.8) is 0 Å². The molecule has 0 amide bonds. The molecule has 9 nitrogen and oxygen atoms in total. The quantitative estimate of drug-likeness (QED) is 0.550. The molecule has 2 aliphatic carbocycles. The van der Waals surface area contributed by atoms with Gasteiger partial charge in [-0.1, -0.05) is 11.6 Å². The standard InChI is InChI=1S/C14H14O4.C12H9ClO5/c15-13(10-7-11(10)14(16)17)9-3-4-12-8(6-9)2-1-5-18-12;13-8-1-5(2-9-11(8)18-4-17-9)10(14)6-3-7(6)12(15)16/h3-4,6,10-11H,1-2,5,7H2,(H,16,17);1-2,6-7H,3-4H2,(H,15,16)/t10-,11-;6-,7-/m00/s1. The molecule has 2 N–H and O–H groups in total. The number of ketones is 2. The number of benzene rings is 2. The molecule has 0 unspecified atom stereocenters. The second-order valence-corrected chi connectivity index (χ2v) is 9.68. The van der Waals surface area contributed by atoms with E-state index in [-0.39, 0.29) is 24.3 Å². The molecule has 0 saturated heterocycles. The van der Waals surface area contributed by atoms with Crippen LogP contribution in [0.1, 0.15) is 45.5 Å². The fourth-order valence-electron chi connectivity index (χ4n) is 4.57. The maximum atomic E-state index is 12.1. The highest BCUT2D eigenvalue weighted by atomic mass is 35.5. The number of aryl methyl sites for hydroxylation is 1. The van der Waals surface area contributed by atoms with Gasteiger partial charge in [0.1, 0.15) is 5.75 Å². The van der Waals surface area contributed by atoms with E-state index in [2.05, 4.69) is 0 Å². The molecule has 10 heteroatoms. The maximum Gasteiger partial charge on any atom is 0.307 e. The highest BCUT2D eigenvalue weighted by Gasteiger charge is 2.49. The van der Waals surface area contributed by atoms with E-state index in [1.54, 1.807) is 12.1 Å². The van der Waals surface area contributed by atoms with Crippen molar-refractivity contribution in [2.24, 2.45) is 23.7 Å². The molecule has 2 fully saturated rings. The molecule has 2 aromatic carbocycles. The lowest BCUT2D eigenvalue weighted by Gasteiger charge is -2.17. The molecule has 0 radical (unpaired) electrons. The van der Waals surface area contributed by atoms with Crippen LogP contribution >= 0.6 is 11.6 Å². The second kappa shape index (κ2) is 9.46. The van der Waals surface area contributed by atoms with Crippen LogP contribution in [0.2, 0.25) is 5.02 Å². The van der Waals surface area contributed by atoms with E-state index in [4.69, 9.17) is 36.0 Å². The molecule has 0 aromatic heterocycles. The number of carbonyl (C=O) groups is 4. The van der Waals surface area contributed by atoms with E-state index in [0.717, 1.165) is 30.8 Å². The minimum atomic E-state index is -0.930. The van der Waals surface area contributed by atoms with E-state index >= 15 is 0 Å². The number of Topliss-reactive ketones (excluding diaryl/α,β-unsaturated/α-hetero) is 2. The van der Waals surface area contributed by atoms with Crippen molar-refractivity contribution in [1.82, 2.24) is 0 Å². The summed E-state index contributed by atoms with van der Waals surface area (Å²) in [6.07, 6.45) is 2.75. The first-order valence-electron chi connectivity index (χ1n) is 11.6. The number of rotatable bonds is 6. The van der Waals surface area contributed by atoms with Crippen LogP contribution in [0.5, 0.6) is 17.2 Å². The number of carboxylic acid groups (broad SMARTS) is 2. The fourth-order valence-corrected chi connectivity index (χ4v) is 4.83. The van der Waals surface area contributed by atoms with Crippen LogP contribution in [0.4, 0.5) is 0 Å². The molecular formula is C26H23ClO9. The third-order valence-electron chi connectivity index (χ3n) is 6.79. The molecule has 2 aromatic rings. The zero-order chi connectivity index (χ0) is 25.6. The largest absolute Gasteiger partial charge is 0.493 e. The smallest absolute Gasteiger partial charge is 0.307 e. The third kappa shape index (κ3) is 4.75.